The largest absolute Gasteiger partial charge is 0.384 e. The van der Waals surface area contributed by atoms with Gasteiger partial charge in [-0.3, -0.25) is 4.79 Å². The van der Waals surface area contributed by atoms with Gasteiger partial charge in [0.25, 0.3) is 5.91 Å². The maximum Gasteiger partial charge on any atom is 0.251 e. The van der Waals surface area contributed by atoms with Crippen LogP contribution in [0.25, 0.3) is 11.1 Å². The lowest BCUT2D eigenvalue weighted by Gasteiger charge is -2.50. The molecule has 1 unspecified atom stereocenters. The fourth-order valence-electron chi connectivity index (χ4n) is 5.31. The fraction of sp³-hybridized carbons (Fsp3) is 0.143. The smallest absolute Gasteiger partial charge is 0.251 e. The molecule has 0 spiro atoms. The molecule has 6 rings (SSSR count). The standard InChI is InChI=1S/C28H20F3N3O/c1-13-22(24(31)11-25(32)34-13)12-33-28(35)15-3-6-19-21(9-15)27-20-8-14(2-5-18(20)26(19)27)17-7-4-16(29)10-23(17)30/h2-11,26-27H,12H2,1H3,(H2,32,34)(H,33,35)/t26-,27?/m0/s1. The summed E-state index contributed by atoms with van der Waals surface area (Å²) in [6.45, 7) is 1.65. The second kappa shape index (κ2) is 7.70. The number of carbonyl (C=O) groups excluding carboxylic acids is 1. The molecule has 1 amide bonds. The van der Waals surface area contributed by atoms with Crippen molar-refractivity contribution in [2.24, 2.45) is 0 Å². The summed E-state index contributed by atoms with van der Waals surface area (Å²) in [5.74, 6) is -1.53. The van der Waals surface area contributed by atoms with Gasteiger partial charge in [-0.1, -0.05) is 24.3 Å². The number of hydrogen-bond acceptors (Lipinski definition) is 3. The minimum absolute atomic E-state index is 0.00233. The van der Waals surface area contributed by atoms with E-state index < -0.39 is 17.5 Å². The van der Waals surface area contributed by atoms with Crippen LogP contribution in [0.4, 0.5) is 19.0 Å². The molecular formula is C28H20F3N3O. The molecule has 35 heavy (non-hydrogen) atoms. The molecule has 4 nitrogen and oxygen atoms in total. The first-order valence-electron chi connectivity index (χ1n) is 11.2. The van der Waals surface area contributed by atoms with Crippen molar-refractivity contribution in [3.63, 3.8) is 0 Å². The van der Waals surface area contributed by atoms with Crippen molar-refractivity contribution in [1.29, 1.82) is 0 Å². The van der Waals surface area contributed by atoms with Crippen molar-refractivity contribution in [3.05, 3.63) is 117 Å². The van der Waals surface area contributed by atoms with Crippen LogP contribution in [0.3, 0.4) is 0 Å². The minimum atomic E-state index is -0.612. The molecule has 3 N–H and O–H groups in total. The molecule has 0 fully saturated rings. The monoisotopic (exact) mass is 471 g/mol. The summed E-state index contributed by atoms with van der Waals surface area (Å²) in [5, 5.41) is 2.76. The second-order valence-electron chi connectivity index (χ2n) is 9.04. The molecule has 4 aromatic rings. The number of aromatic nitrogens is 1. The van der Waals surface area contributed by atoms with E-state index in [1.807, 2.05) is 30.3 Å². The number of benzene rings is 3. The zero-order valence-electron chi connectivity index (χ0n) is 18.7. The van der Waals surface area contributed by atoms with Gasteiger partial charge < -0.3 is 11.1 Å². The second-order valence-corrected chi connectivity index (χ2v) is 9.04. The third-order valence-electron chi connectivity index (χ3n) is 7.07. The molecule has 2 aliphatic carbocycles. The van der Waals surface area contributed by atoms with Crippen molar-refractivity contribution >= 4 is 11.7 Å². The highest BCUT2D eigenvalue weighted by Crippen LogP contribution is 2.63. The van der Waals surface area contributed by atoms with E-state index >= 15 is 0 Å². The van der Waals surface area contributed by atoms with Gasteiger partial charge in [-0.05, 0) is 59.0 Å². The van der Waals surface area contributed by atoms with Crippen molar-refractivity contribution in [2.45, 2.75) is 25.3 Å². The lowest BCUT2D eigenvalue weighted by atomic mass is 9.52. The number of nitrogens with zero attached hydrogens (tertiary/aromatic N) is 1. The maximum atomic E-state index is 14.3. The van der Waals surface area contributed by atoms with Crippen molar-refractivity contribution in [1.82, 2.24) is 10.3 Å². The summed E-state index contributed by atoms with van der Waals surface area (Å²) >= 11 is 0. The molecule has 1 aromatic heterocycles. The summed E-state index contributed by atoms with van der Waals surface area (Å²) in [6, 6.07) is 16.1. The minimum Gasteiger partial charge on any atom is -0.384 e. The summed E-state index contributed by atoms with van der Waals surface area (Å²) < 4.78 is 41.8. The van der Waals surface area contributed by atoms with Crippen LogP contribution >= 0.6 is 0 Å². The van der Waals surface area contributed by atoms with Crippen LogP contribution in [0.15, 0.2) is 60.7 Å². The number of anilines is 1. The number of aryl methyl sites for hydroxylation is 1. The molecular weight excluding hydrogens is 451 g/mol. The number of nitrogens with two attached hydrogens (primary N) is 1. The predicted octanol–water partition coefficient (Wildman–Crippen LogP) is 5.58. The lowest BCUT2D eigenvalue weighted by Crippen LogP contribution is -2.36. The summed E-state index contributed by atoms with van der Waals surface area (Å²) in [4.78, 5) is 16.9. The molecule has 0 radical (unpaired) electrons. The Kier molecular flexibility index (Phi) is 4.71. The summed E-state index contributed by atoms with van der Waals surface area (Å²) in [6.07, 6.45) is 0. The molecule has 2 aliphatic rings. The number of rotatable bonds is 4. The van der Waals surface area contributed by atoms with E-state index in [2.05, 4.69) is 10.3 Å². The van der Waals surface area contributed by atoms with Gasteiger partial charge in [-0.2, -0.15) is 0 Å². The molecule has 0 aliphatic heterocycles. The third-order valence-corrected chi connectivity index (χ3v) is 7.07. The van der Waals surface area contributed by atoms with Gasteiger partial charge in [0.1, 0.15) is 23.3 Å². The van der Waals surface area contributed by atoms with Crippen LogP contribution in [0.1, 0.15) is 55.7 Å². The first-order chi connectivity index (χ1) is 16.8. The maximum absolute atomic E-state index is 14.3. The van der Waals surface area contributed by atoms with Gasteiger partial charge >= 0.3 is 0 Å². The average Bonchev–Trinajstić information content (AvgIpc) is 2.78. The van der Waals surface area contributed by atoms with Crippen LogP contribution in [0, 0.1) is 24.4 Å². The van der Waals surface area contributed by atoms with Crippen LogP contribution in [0.5, 0.6) is 0 Å². The van der Waals surface area contributed by atoms with E-state index in [-0.39, 0.29) is 30.1 Å². The number of nitrogen functional groups attached to an aromatic ring is 1. The van der Waals surface area contributed by atoms with Crippen LogP contribution in [-0.4, -0.2) is 10.9 Å². The van der Waals surface area contributed by atoms with Gasteiger partial charge in [0.15, 0.2) is 0 Å². The zero-order chi connectivity index (χ0) is 24.4. The van der Waals surface area contributed by atoms with E-state index in [4.69, 9.17) is 5.73 Å². The van der Waals surface area contributed by atoms with Crippen LogP contribution < -0.4 is 11.1 Å². The van der Waals surface area contributed by atoms with E-state index in [0.29, 0.717) is 27.9 Å². The van der Waals surface area contributed by atoms with E-state index in [9.17, 15) is 18.0 Å². The Balaban J connectivity index is 1.23. The predicted molar refractivity (Wildman–Crippen MR) is 126 cm³/mol. The van der Waals surface area contributed by atoms with Gasteiger partial charge in [0, 0.05) is 52.9 Å². The Morgan fingerprint density at radius 1 is 0.886 bits per heavy atom. The highest BCUT2D eigenvalue weighted by Gasteiger charge is 2.49. The van der Waals surface area contributed by atoms with Crippen molar-refractivity contribution in [2.75, 3.05) is 5.73 Å². The number of carbonyl (C=O) groups is 1. The Hall–Kier alpha value is -4.13. The molecule has 1 heterocycles. The highest BCUT2D eigenvalue weighted by atomic mass is 19.1. The molecule has 0 bridgehead atoms. The SMILES string of the molecule is Cc1nc(N)cc(F)c1CNC(=O)c1ccc2c(c1)C1c3cc(-c4ccc(F)cc4F)ccc3[C@@H]21. The topological polar surface area (TPSA) is 68.0 Å². The van der Waals surface area contributed by atoms with E-state index in [0.717, 1.165) is 23.3 Å². The number of amides is 1. The average molecular weight is 471 g/mol. The normalized spacial score (nSPS) is 16.9. The number of fused-ring (bicyclic) bond motifs is 7. The molecule has 174 valence electrons. The number of pyridine rings is 1. The first kappa shape index (κ1) is 21.4. The quantitative estimate of drug-likeness (QED) is 0.409. The number of halogens is 3. The first-order valence-corrected chi connectivity index (χ1v) is 11.2. The summed E-state index contributed by atoms with van der Waals surface area (Å²) in [7, 11) is 0. The Labute approximate surface area is 199 Å². The zero-order valence-corrected chi connectivity index (χ0v) is 18.7. The Morgan fingerprint density at radius 2 is 1.60 bits per heavy atom. The Bertz CT molecular complexity index is 1530. The van der Waals surface area contributed by atoms with Crippen molar-refractivity contribution in [3.8, 4) is 11.1 Å². The highest BCUT2D eigenvalue weighted by molar-refractivity contribution is 5.95. The van der Waals surface area contributed by atoms with Crippen LogP contribution in [-0.2, 0) is 6.54 Å². The van der Waals surface area contributed by atoms with Gasteiger partial charge in [0.2, 0.25) is 0 Å². The molecule has 0 saturated carbocycles. The third kappa shape index (κ3) is 3.30. The molecule has 2 atom stereocenters. The fourth-order valence-corrected chi connectivity index (χ4v) is 5.31. The van der Waals surface area contributed by atoms with Gasteiger partial charge in [-0.15, -0.1) is 0 Å². The van der Waals surface area contributed by atoms with Gasteiger partial charge in [0.05, 0.1) is 0 Å². The molecule has 3 aromatic carbocycles. The van der Waals surface area contributed by atoms with Crippen molar-refractivity contribution < 1.29 is 18.0 Å². The molecule has 7 heteroatoms. The van der Waals surface area contributed by atoms with E-state index in [1.54, 1.807) is 13.0 Å². The lowest BCUT2D eigenvalue weighted by molar-refractivity contribution is 0.0950. The molecule has 0 saturated heterocycles. The van der Waals surface area contributed by atoms with Gasteiger partial charge in [-0.25, -0.2) is 18.2 Å². The summed E-state index contributed by atoms with van der Waals surface area (Å²) in [5.41, 5.74) is 12.3. The van der Waals surface area contributed by atoms with Crippen LogP contribution in [0.2, 0.25) is 0 Å². The number of hydrogen-bond donors (Lipinski definition) is 2. The Morgan fingerprint density at radius 3 is 2.34 bits per heavy atom. The number of nitrogens with one attached hydrogen (secondary N) is 1. The van der Waals surface area contributed by atoms with E-state index in [1.165, 1.54) is 23.3 Å².